The number of anilines is 1. The van der Waals surface area contributed by atoms with Crippen molar-refractivity contribution in [3.63, 3.8) is 0 Å². The number of amides is 1. The summed E-state index contributed by atoms with van der Waals surface area (Å²) in [5.74, 6) is -1.02. The molecule has 20 heavy (non-hydrogen) atoms. The second-order valence-corrected chi connectivity index (χ2v) is 5.63. The van der Waals surface area contributed by atoms with Crippen LogP contribution in [0.3, 0.4) is 0 Å². The molecular weight excluding hydrogens is 276 g/mol. The van der Waals surface area contributed by atoms with Crippen molar-refractivity contribution in [2.75, 3.05) is 24.7 Å². The minimum absolute atomic E-state index is 0.125. The van der Waals surface area contributed by atoms with Gasteiger partial charge in [0.2, 0.25) is 5.91 Å². The molecule has 2 N–H and O–H groups in total. The Kier molecular flexibility index (Phi) is 5.03. The van der Waals surface area contributed by atoms with E-state index < -0.39 is 12.0 Å². The van der Waals surface area contributed by atoms with Crippen LogP contribution in [0, 0.1) is 0 Å². The Labute approximate surface area is 122 Å². The first kappa shape index (κ1) is 14.9. The van der Waals surface area contributed by atoms with Gasteiger partial charge in [-0.25, -0.2) is 0 Å². The minimum Gasteiger partial charge on any atom is -0.480 e. The number of hydrogen-bond donors (Lipinski definition) is 2. The molecule has 6 heteroatoms. The van der Waals surface area contributed by atoms with Gasteiger partial charge in [-0.2, -0.15) is 0 Å². The van der Waals surface area contributed by atoms with Gasteiger partial charge in [-0.05, 0) is 43.8 Å². The van der Waals surface area contributed by atoms with Gasteiger partial charge >= 0.3 is 5.97 Å². The van der Waals surface area contributed by atoms with E-state index in [0.717, 1.165) is 17.0 Å². The quantitative estimate of drug-likeness (QED) is 0.812. The number of likely N-dealkylation sites (tertiary alicyclic amines) is 1. The molecule has 0 radical (unpaired) electrons. The molecule has 1 saturated heterocycles. The van der Waals surface area contributed by atoms with Crippen molar-refractivity contribution in [1.29, 1.82) is 0 Å². The monoisotopic (exact) mass is 294 g/mol. The maximum Gasteiger partial charge on any atom is 0.320 e. The number of carbonyl (C=O) groups excluding carboxylic acids is 1. The van der Waals surface area contributed by atoms with Gasteiger partial charge in [0.05, 0.1) is 6.54 Å². The zero-order valence-corrected chi connectivity index (χ0v) is 12.2. The fourth-order valence-electron chi connectivity index (χ4n) is 2.38. The molecule has 1 atom stereocenters. The molecule has 0 spiro atoms. The van der Waals surface area contributed by atoms with Crippen molar-refractivity contribution < 1.29 is 14.7 Å². The highest BCUT2D eigenvalue weighted by atomic mass is 32.2. The van der Waals surface area contributed by atoms with Crippen LogP contribution in [0.15, 0.2) is 29.2 Å². The zero-order chi connectivity index (χ0) is 14.5. The van der Waals surface area contributed by atoms with Crippen LogP contribution in [-0.2, 0) is 9.59 Å². The number of aliphatic carboxylic acids is 1. The van der Waals surface area contributed by atoms with Gasteiger partial charge in [0, 0.05) is 10.6 Å². The molecule has 1 heterocycles. The van der Waals surface area contributed by atoms with Crippen LogP contribution in [-0.4, -0.2) is 47.3 Å². The third kappa shape index (κ3) is 3.74. The number of benzene rings is 1. The molecule has 1 aromatic carbocycles. The molecule has 1 unspecified atom stereocenters. The molecule has 0 aromatic heterocycles. The maximum absolute atomic E-state index is 12.0. The second-order valence-electron chi connectivity index (χ2n) is 4.75. The van der Waals surface area contributed by atoms with E-state index in [4.69, 9.17) is 5.11 Å². The number of hydrogen-bond acceptors (Lipinski definition) is 4. The van der Waals surface area contributed by atoms with Crippen LogP contribution in [0.5, 0.6) is 0 Å². The lowest BCUT2D eigenvalue weighted by atomic mass is 10.2. The summed E-state index contributed by atoms with van der Waals surface area (Å²) in [4.78, 5) is 25.8. The molecule has 108 valence electrons. The van der Waals surface area contributed by atoms with Gasteiger partial charge in [0.1, 0.15) is 6.04 Å². The molecule has 1 fully saturated rings. The highest BCUT2D eigenvalue weighted by molar-refractivity contribution is 7.98. The van der Waals surface area contributed by atoms with E-state index in [9.17, 15) is 9.59 Å². The van der Waals surface area contributed by atoms with Crippen molar-refractivity contribution >= 4 is 29.3 Å². The summed E-state index contributed by atoms with van der Waals surface area (Å²) < 4.78 is 0. The van der Waals surface area contributed by atoms with Crippen molar-refractivity contribution in [3.05, 3.63) is 24.3 Å². The van der Waals surface area contributed by atoms with E-state index in [2.05, 4.69) is 5.32 Å². The third-order valence-corrected chi connectivity index (χ3v) is 4.07. The van der Waals surface area contributed by atoms with Crippen LogP contribution in [0.4, 0.5) is 5.69 Å². The average Bonchev–Trinajstić information content (AvgIpc) is 2.87. The van der Waals surface area contributed by atoms with Gasteiger partial charge in [0.25, 0.3) is 0 Å². The largest absolute Gasteiger partial charge is 0.480 e. The average molecular weight is 294 g/mol. The van der Waals surface area contributed by atoms with Gasteiger partial charge < -0.3 is 10.4 Å². The van der Waals surface area contributed by atoms with Gasteiger partial charge in [-0.1, -0.05) is 6.07 Å². The zero-order valence-electron chi connectivity index (χ0n) is 11.3. The smallest absolute Gasteiger partial charge is 0.320 e. The first-order valence-electron chi connectivity index (χ1n) is 6.51. The van der Waals surface area contributed by atoms with E-state index >= 15 is 0 Å². The summed E-state index contributed by atoms with van der Waals surface area (Å²) in [6.07, 6.45) is 3.42. The lowest BCUT2D eigenvalue weighted by Crippen LogP contribution is -2.40. The number of thioether (sulfide) groups is 1. The fourth-order valence-corrected chi connectivity index (χ4v) is 2.84. The predicted molar refractivity (Wildman–Crippen MR) is 79.1 cm³/mol. The topological polar surface area (TPSA) is 69.6 Å². The minimum atomic E-state index is -0.848. The second kappa shape index (κ2) is 6.76. The standard InChI is InChI=1S/C14H18N2O3S/c1-20-11-5-2-4-10(8-11)15-13(17)9-16-7-3-6-12(16)14(18)19/h2,4-5,8,12H,3,6-7,9H2,1H3,(H,15,17)(H,18,19). The summed E-state index contributed by atoms with van der Waals surface area (Å²) in [6.45, 7) is 0.787. The molecule has 1 aliphatic rings. The Morgan fingerprint density at radius 2 is 2.30 bits per heavy atom. The number of carboxylic acid groups (broad SMARTS) is 1. The maximum atomic E-state index is 12.0. The van der Waals surface area contributed by atoms with Crippen LogP contribution in [0.1, 0.15) is 12.8 Å². The SMILES string of the molecule is CSc1cccc(NC(=O)CN2CCCC2C(=O)O)c1. The summed E-state index contributed by atoms with van der Waals surface area (Å²) in [7, 11) is 0. The van der Waals surface area contributed by atoms with Gasteiger partial charge in [-0.3, -0.25) is 14.5 Å². The first-order valence-corrected chi connectivity index (χ1v) is 7.73. The number of nitrogens with zero attached hydrogens (tertiary/aromatic N) is 1. The molecule has 2 rings (SSSR count). The number of nitrogens with one attached hydrogen (secondary N) is 1. The molecule has 1 amide bonds. The van der Waals surface area contributed by atoms with Crippen LogP contribution >= 0.6 is 11.8 Å². The molecule has 1 aliphatic heterocycles. The van der Waals surface area contributed by atoms with Crippen LogP contribution in [0.25, 0.3) is 0 Å². The highest BCUT2D eigenvalue weighted by Crippen LogP contribution is 2.20. The number of carbonyl (C=O) groups is 2. The molecule has 0 saturated carbocycles. The predicted octanol–water partition coefficient (Wildman–Crippen LogP) is 1.90. The molecule has 5 nitrogen and oxygen atoms in total. The Morgan fingerprint density at radius 1 is 1.50 bits per heavy atom. The Balaban J connectivity index is 1.93. The van der Waals surface area contributed by atoms with Gasteiger partial charge in [0.15, 0.2) is 0 Å². The molecule has 0 aliphatic carbocycles. The van der Waals surface area contributed by atoms with Crippen LogP contribution < -0.4 is 5.32 Å². The molecule has 1 aromatic rings. The first-order chi connectivity index (χ1) is 9.60. The molecular formula is C14H18N2O3S. The Bertz CT molecular complexity index is 507. The van der Waals surface area contributed by atoms with Gasteiger partial charge in [-0.15, -0.1) is 11.8 Å². The fraction of sp³-hybridized carbons (Fsp3) is 0.429. The number of carboxylic acids is 1. The van der Waals surface area contributed by atoms with Crippen molar-refractivity contribution in [1.82, 2.24) is 4.90 Å². The molecule has 0 bridgehead atoms. The normalized spacial score (nSPS) is 18.9. The number of rotatable bonds is 5. The summed E-state index contributed by atoms with van der Waals surface area (Å²) >= 11 is 1.61. The summed E-state index contributed by atoms with van der Waals surface area (Å²) in [5.41, 5.74) is 0.743. The lowest BCUT2D eigenvalue weighted by Gasteiger charge is -2.20. The van der Waals surface area contributed by atoms with E-state index in [1.807, 2.05) is 30.5 Å². The Hall–Kier alpha value is -1.53. The van der Waals surface area contributed by atoms with E-state index in [0.29, 0.717) is 13.0 Å². The summed E-state index contributed by atoms with van der Waals surface area (Å²) in [5, 5.41) is 11.9. The lowest BCUT2D eigenvalue weighted by molar-refractivity contribution is -0.142. The Morgan fingerprint density at radius 3 is 3.00 bits per heavy atom. The van der Waals surface area contributed by atoms with Crippen molar-refractivity contribution in [2.24, 2.45) is 0 Å². The van der Waals surface area contributed by atoms with E-state index in [-0.39, 0.29) is 12.5 Å². The van der Waals surface area contributed by atoms with E-state index in [1.165, 1.54) is 0 Å². The highest BCUT2D eigenvalue weighted by Gasteiger charge is 2.31. The third-order valence-electron chi connectivity index (χ3n) is 3.35. The summed E-state index contributed by atoms with van der Waals surface area (Å²) in [6, 6.07) is 7.06. The van der Waals surface area contributed by atoms with Crippen molar-refractivity contribution in [2.45, 2.75) is 23.8 Å². The van der Waals surface area contributed by atoms with E-state index in [1.54, 1.807) is 16.7 Å². The van der Waals surface area contributed by atoms with Crippen molar-refractivity contribution in [3.8, 4) is 0 Å². The van der Waals surface area contributed by atoms with Crippen LogP contribution in [0.2, 0.25) is 0 Å².